The molecule has 6 heteroatoms. The Morgan fingerprint density at radius 3 is 2.19 bits per heavy atom. The Bertz CT molecular complexity index is 1070. The smallest absolute Gasteiger partial charge is 0.338 e. The van der Waals surface area contributed by atoms with Gasteiger partial charge in [-0.2, -0.15) is 0 Å². The summed E-state index contributed by atoms with van der Waals surface area (Å²) in [7, 11) is 0. The van der Waals surface area contributed by atoms with Gasteiger partial charge >= 0.3 is 5.97 Å². The maximum atomic E-state index is 11.9. The topological polar surface area (TPSA) is 60.5 Å². The van der Waals surface area contributed by atoms with Crippen LogP contribution in [0.5, 0.6) is 17.2 Å². The highest BCUT2D eigenvalue weighted by Gasteiger charge is 2.47. The first-order chi connectivity index (χ1) is 15.6. The lowest BCUT2D eigenvalue weighted by Crippen LogP contribution is -2.26. The standard InChI is InChI=1S/C26H25NO5/c1-17(2)30-26(28)25-24(32-25)18-11-13-19(14-12-18)29-16-15-27-20-7-3-5-9-22(20)31-23-10-6-4-8-21(23)27/h3-14,17,24-25H,15-16H2,1-2H3. The van der Waals surface area contributed by atoms with E-state index in [1.807, 2.05) is 74.5 Å². The first-order valence-electron chi connectivity index (χ1n) is 10.8. The number of fused-ring (bicyclic) bond motifs is 2. The summed E-state index contributed by atoms with van der Waals surface area (Å²) < 4.78 is 22.7. The van der Waals surface area contributed by atoms with Crippen molar-refractivity contribution >= 4 is 17.3 Å². The Morgan fingerprint density at radius 2 is 1.56 bits per heavy atom. The van der Waals surface area contributed by atoms with Gasteiger partial charge in [0.1, 0.15) is 18.5 Å². The molecule has 5 rings (SSSR count). The minimum Gasteiger partial charge on any atom is -0.492 e. The molecule has 2 aliphatic rings. The second-order valence-corrected chi connectivity index (χ2v) is 8.07. The Balaban J connectivity index is 1.20. The lowest BCUT2D eigenvalue weighted by molar-refractivity contribution is -0.148. The minimum absolute atomic E-state index is 0.145. The van der Waals surface area contributed by atoms with Crippen LogP contribution in [0.25, 0.3) is 0 Å². The van der Waals surface area contributed by atoms with Crippen molar-refractivity contribution in [3.8, 4) is 17.2 Å². The Morgan fingerprint density at radius 1 is 0.938 bits per heavy atom. The number of carbonyl (C=O) groups is 1. The number of benzene rings is 3. The van der Waals surface area contributed by atoms with Crippen molar-refractivity contribution in [2.45, 2.75) is 32.2 Å². The van der Waals surface area contributed by atoms with E-state index in [1.54, 1.807) is 0 Å². The van der Waals surface area contributed by atoms with Gasteiger partial charge in [-0.05, 0) is 55.8 Å². The zero-order valence-electron chi connectivity index (χ0n) is 18.1. The van der Waals surface area contributed by atoms with Gasteiger partial charge in [0.05, 0.1) is 24.0 Å². The predicted molar refractivity (Wildman–Crippen MR) is 121 cm³/mol. The molecule has 3 aromatic rings. The molecule has 3 aromatic carbocycles. The quantitative estimate of drug-likeness (QED) is 0.369. The van der Waals surface area contributed by atoms with Crippen LogP contribution in [0.2, 0.25) is 0 Å². The number of rotatable bonds is 7. The molecule has 2 aliphatic heterocycles. The summed E-state index contributed by atoms with van der Waals surface area (Å²) in [4.78, 5) is 14.2. The Labute approximate surface area is 187 Å². The van der Waals surface area contributed by atoms with E-state index < -0.39 is 6.10 Å². The zero-order chi connectivity index (χ0) is 22.1. The third-order valence-electron chi connectivity index (χ3n) is 5.40. The summed E-state index contributed by atoms with van der Waals surface area (Å²) in [5.41, 5.74) is 2.99. The van der Waals surface area contributed by atoms with E-state index in [9.17, 15) is 4.79 Å². The van der Waals surface area contributed by atoms with Crippen LogP contribution in [-0.2, 0) is 14.3 Å². The fraction of sp³-hybridized carbons (Fsp3) is 0.269. The van der Waals surface area contributed by atoms with Crippen LogP contribution >= 0.6 is 0 Å². The molecule has 0 bridgehead atoms. The number of nitrogens with zero attached hydrogens (tertiary/aromatic N) is 1. The molecule has 1 fully saturated rings. The lowest BCUT2D eigenvalue weighted by Gasteiger charge is -2.32. The molecule has 2 heterocycles. The first kappa shape index (κ1) is 20.4. The molecule has 0 saturated carbocycles. The van der Waals surface area contributed by atoms with Gasteiger partial charge in [0, 0.05) is 0 Å². The van der Waals surface area contributed by atoms with Gasteiger partial charge in [0.2, 0.25) is 0 Å². The number of hydrogen-bond acceptors (Lipinski definition) is 6. The monoisotopic (exact) mass is 431 g/mol. The van der Waals surface area contributed by atoms with Crippen LogP contribution in [0.15, 0.2) is 72.8 Å². The highest BCUT2D eigenvalue weighted by molar-refractivity contribution is 5.79. The second-order valence-electron chi connectivity index (χ2n) is 8.07. The largest absolute Gasteiger partial charge is 0.492 e. The van der Waals surface area contributed by atoms with Crippen LogP contribution in [0, 0.1) is 0 Å². The lowest BCUT2D eigenvalue weighted by atomic mass is 10.1. The maximum Gasteiger partial charge on any atom is 0.338 e. The molecule has 0 amide bonds. The summed E-state index contributed by atoms with van der Waals surface area (Å²) in [5, 5.41) is 0. The number of anilines is 2. The van der Waals surface area contributed by atoms with E-state index in [1.165, 1.54) is 0 Å². The highest BCUT2D eigenvalue weighted by Crippen LogP contribution is 2.46. The summed E-state index contributed by atoms with van der Waals surface area (Å²) in [5.74, 6) is 2.14. The minimum atomic E-state index is -0.509. The van der Waals surface area contributed by atoms with Crippen molar-refractivity contribution in [1.82, 2.24) is 0 Å². The van der Waals surface area contributed by atoms with E-state index in [4.69, 9.17) is 18.9 Å². The second kappa shape index (κ2) is 8.55. The molecule has 0 aliphatic carbocycles. The van der Waals surface area contributed by atoms with Crippen LogP contribution < -0.4 is 14.4 Å². The van der Waals surface area contributed by atoms with E-state index in [-0.39, 0.29) is 18.2 Å². The molecule has 6 nitrogen and oxygen atoms in total. The molecule has 2 atom stereocenters. The third kappa shape index (κ3) is 4.14. The molecule has 0 N–H and O–H groups in total. The fourth-order valence-electron chi connectivity index (χ4n) is 3.88. The van der Waals surface area contributed by atoms with Crippen molar-refractivity contribution in [1.29, 1.82) is 0 Å². The average molecular weight is 431 g/mol. The van der Waals surface area contributed by atoms with Crippen LogP contribution in [-0.4, -0.2) is 31.3 Å². The molecule has 0 aromatic heterocycles. The molecular weight excluding hydrogens is 406 g/mol. The van der Waals surface area contributed by atoms with Crippen molar-refractivity contribution in [3.05, 3.63) is 78.4 Å². The van der Waals surface area contributed by atoms with Gasteiger partial charge in [0.15, 0.2) is 17.6 Å². The van der Waals surface area contributed by atoms with Gasteiger partial charge < -0.3 is 23.8 Å². The van der Waals surface area contributed by atoms with E-state index in [0.717, 1.165) is 34.2 Å². The maximum absolute atomic E-state index is 11.9. The number of hydrogen-bond donors (Lipinski definition) is 0. The summed E-state index contributed by atoms with van der Waals surface area (Å²) >= 11 is 0. The Hall–Kier alpha value is -3.51. The van der Waals surface area contributed by atoms with E-state index in [2.05, 4.69) is 17.0 Å². The molecule has 164 valence electrons. The van der Waals surface area contributed by atoms with Gasteiger partial charge in [0.25, 0.3) is 0 Å². The van der Waals surface area contributed by atoms with Crippen LogP contribution in [0.3, 0.4) is 0 Å². The highest BCUT2D eigenvalue weighted by atomic mass is 16.6. The molecule has 32 heavy (non-hydrogen) atoms. The van der Waals surface area contributed by atoms with Gasteiger partial charge in [-0.25, -0.2) is 4.79 Å². The predicted octanol–water partition coefficient (Wildman–Crippen LogP) is 5.40. The first-order valence-corrected chi connectivity index (χ1v) is 10.8. The van der Waals surface area contributed by atoms with Gasteiger partial charge in [-0.1, -0.05) is 36.4 Å². The number of para-hydroxylation sites is 4. The number of ether oxygens (including phenoxy) is 4. The number of esters is 1. The van der Waals surface area contributed by atoms with Gasteiger partial charge in [-0.3, -0.25) is 0 Å². The molecule has 0 radical (unpaired) electrons. The van der Waals surface area contributed by atoms with Crippen molar-refractivity contribution in [2.24, 2.45) is 0 Å². The van der Waals surface area contributed by atoms with E-state index in [0.29, 0.717) is 13.2 Å². The molecular formula is C26H25NO5. The summed E-state index contributed by atoms with van der Waals surface area (Å²) in [6.45, 7) is 4.84. The van der Waals surface area contributed by atoms with E-state index >= 15 is 0 Å². The number of epoxide rings is 1. The number of carbonyl (C=O) groups excluding carboxylic acids is 1. The van der Waals surface area contributed by atoms with Crippen molar-refractivity contribution in [3.63, 3.8) is 0 Å². The van der Waals surface area contributed by atoms with Crippen LogP contribution in [0.1, 0.15) is 25.5 Å². The fourth-order valence-corrected chi connectivity index (χ4v) is 3.88. The summed E-state index contributed by atoms with van der Waals surface area (Å²) in [6, 6.07) is 23.7. The molecule has 1 saturated heterocycles. The van der Waals surface area contributed by atoms with Crippen LogP contribution in [0.4, 0.5) is 11.4 Å². The summed E-state index contributed by atoms with van der Waals surface area (Å²) in [6.07, 6.45) is -0.893. The zero-order valence-corrected chi connectivity index (χ0v) is 18.1. The normalized spacial score (nSPS) is 18.4. The average Bonchev–Trinajstić information content (AvgIpc) is 3.60. The third-order valence-corrected chi connectivity index (χ3v) is 5.40. The van der Waals surface area contributed by atoms with Gasteiger partial charge in [-0.15, -0.1) is 0 Å². The van der Waals surface area contributed by atoms with Crippen molar-refractivity contribution < 1.29 is 23.7 Å². The SMILES string of the molecule is CC(C)OC(=O)C1OC1c1ccc(OCCN2c3ccccc3Oc3ccccc32)cc1. The molecule has 0 spiro atoms. The van der Waals surface area contributed by atoms with Crippen molar-refractivity contribution in [2.75, 3.05) is 18.1 Å². The molecule has 2 unspecified atom stereocenters. The Kier molecular flexibility index (Phi) is 5.45.